The molecule has 0 saturated carbocycles. The van der Waals surface area contributed by atoms with Crippen molar-refractivity contribution in [2.24, 2.45) is 0 Å². The number of rotatable bonds is 8. The van der Waals surface area contributed by atoms with Gasteiger partial charge in [-0.2, -0.15) is 0 Å². The van der Waals surface area contributed by atoms with Crippen LogP contribution in [-0.4, -0.2) is 52.2 Å². The van der Waals surface area contributed by atoms with Crippen molar-refractivity contribution in [2.75, 3.05) is 6.54 Å². The average Bonchev–Trinajstić information content (AvgIpc) is 2.91. The van der Waals surface area contributed by atoms with Gasteiger partial charge in [0.1, 0.15) is 6.04 Å². The Balaban J connectivity index is 1.58. The summed E-state index contributed by atoms with van der Waals surface area (Å²) in [7, 11) is 0. The largest absolute Gasteiger partial charge is 0.548 e. The van der Waals surface area contributed by atoms with Crippen LogP contribution in [0.1, 0.15) is 43.7 Å². The molecule has 3 rings (SSSR count). The predicted molar refractivity (Wildman–Crippen MR) is 97.7 cm³/mol. The molecule has 28 heavy (non-hydrogen) atoms. The number of imide groups is 1. The van der Waals surface area contributed by atoms with Gasteiger partial charge < -0.3 is 20.1 Å². The van der Waals surface area contributed by atoms with Crippen LogP contribution < -0.4 is 10.4 Å². The van der Waals surface area contributed by atoms with Crippen molar-refractivity contribution in [1.29, 1.82) is 0 Å². The van der Waals surface area contributed by atoms with Crippen LogP contribution in [0.4, 0.5) is 4.79 Å². The fourth-order valence-corrected chi connectivity index (χ4v) is 3.72. The lowest BCUT2D eigenvalue weighted by Crippen LogP contribution is -2.48. The van der Waals surface area contributed by atoms with Crippen LogP contribution in [0.15, 0.2) is 24.3 Å². The van der Waals surface area contributed by atoms with E-state index in [-0.39, 0.29) is 18.9 Å². The first-order valence-corrected chi connectivity index (χ1v) is 9.61. The highest BCUT2D eigenvalue weighted by Crippen LogP contribution is 2.29. The van der Waals surface area contributed by atoms with Crippen LogP contribution in [0.5, 0.6) is 0 Å². The molecule has 2 heterocycles. The van der Waals surface area contributed by atoms with Crippen molar-refractivity contribution >= 4 is 23.8 Å². The SMILES string of the molecule is CCCC[C@@H](NC(=O)CCN1C(=O)[C@@H]2Cc3ccccc3CN2C1=O)C(=O)[O-]. The van der Waals surface area contributed by atoms with E-state index in [4.69, 9.17) is 0 Å². The lowest BCUT2D eigenvalue weighted by molar-refractivity contribution is -0.308. The van der Waals surface area contributed by atoms with Crippen LogP contribution in [0.3, 0.4) is 0 Å². The molecule has 1 N–H and O–H groups in total. The molecule has 8 nitrogen and oxygen atoms in total. The fraction of sp³-hybridized carbons (Fsp3) is 0.500. The monoisotopic (exact) mass is 386 g/mol. The molecule has 4 amide bonds. The Morgan fingerprint density at radius 2 is 1.96 bits per heavy atom. The summed E-state index contributed by atoms with van der Waals surface area (Å²) >= 11 is 0. The van der Waals surface area contributed by atoms with E-state index in [1.165, 1.54) is 4.90 Å². The van der Waals surface area contributed by atoms with Gasteiger partial charge in [-0.3, -0.25) is 14.5 Å². The Bertz CT molecular complexity index is 751. The Morgan fingerprint density at radius 3 is 2.64 bits per heavy atom. The smallest absolute Gasteiger partial charge is 0.327 e. The van der Waals surface area contributed by atoms with Gasteiger partial charge in [0.25, 0.3) is 5.91 Å². The van der Waals surface area contributed by atoms with E-state index in [1.54, 1.807) is 0 Å². The van der Waals surface area contributed by atoms with E-state index in [2.05, 4.69) is 5.32 Å². The molecule has 1 aromatic rings. The Kier molecular flexibility index (Phi) is 5.96. The van der Waals surface area contributed by atoms with Gasteiger partial charge in [-0.1, -0.05) is 44.0 Å². The van der Waals surface area contributed by atoms with Crippen molar-refractivity contribution < 1.29 is 24.3 Å². The Morgan fingerprint density at radius 1 is 1.25 bits per heavy atom. The molecular formula is C20H24N3O5-. The Labute approximate surface area is 163 Å². The highest BCUT2D eigenvalue weighted by molar-refractivity contribution is 6.04. The summed E-state index contributed by atoms with van der Waals surface area (Å²) in [5, 5.41) is 13.6. The van der Waals surface area contributed by atoms with Gasteiger partial charge in [-0.05, 0) is 17.5 Å². The molecule has 0 unspecified atom stereocenters. The van der Waals surface area contributed by atoms with Crippen LogP contribution in [0.25, 0.3) is 0 Å². The topological polar surface area (TPSA) is 110 Å². The van der Waals surface area contributed by atoms with E-state index in [1.807, 2.05) is 31.2 Å². The molecule has 2 aliphatic heterocycles. The molecule has 1 fully saturated rings. The molecule has 1 aromatic carbocycles. The second-order valence-electron chi connectivity index (χ2n) is 7.22. The summed E-state index contributed by atoms with van der Waals surface area (Å²) in [5.41, 5.74) is 2.07. The molecule has 150 valence electrons. The molecule has 0 bridgehead atoms. The first-order valence-electron chi connectivity index (χ1n) is 9.61. The summed E-state index contributed by atoms with van der Waals surface area (Å²) in [4.78, 5) is 51.2. The number of hydrogen-bond acceptors (Lipinski definition) is 5. The first kappa shape index (κ1) is 19.9. The second kappa shape index (κ2) is 8.41. The summed E-state index contributed by atoms with van der Waals surface area (Å²) in [5.74, 6) is -2.15. The first-order chi connectivity index (χ1) is 13.4. The van der Waals surface area contributed by atoms with Crippen molar-refractivity contribution in [3.63, 3.8) is 0 Å². The average molecular weight is 386 g/mol. The minimum atomic E-state index is -1.33. The van der Waals surface area contributed by atoms with Gasteiger partial charge in [0.15, 0.2) is 0 Å². The summed E-state index contributed by atoms with van der Waals surface area (Å²) in [6.45, 7) is 2.23. The number of carboxylic acid groups (broad SMARTS) is 1. The maximum absolute atomic E-state index is 12.7. The van der Waals surface area contributed by atoms with Crippen LogP contribution in [-0.2, 0) is 27.3 Å². The van der Waals surface area contributed by atoms with Crippen molar-refractivity contribution in [1.82, 2.24) is 15.1 Å². The molecule has 0 spiro atoms. The molecule has 2 atom stereocenters. The maximum atomic E-state index is 12.7. The van der Waals surface area contributed by atoms with Gasteiger partial charge >= 0.3 is 6.03 Å². The van der Waals surface area contributed by atoms with E-state index >= 15 is 0 Å². The molecule has 1 saturated heterocycles. The van der Waals surface area contributed by atoms with E-state index in [0.29, 0.717) is 25.8 Å². The zero-order chi connectivity index (χ0) is 20.3. The number of carbonyl (C=O) groups is 4. The van der Waals surface area contributed by atoms with E-state index in [9.17, 15) is 24.3 Å². The Hall–Kier alpha value is -2.90. The van der Waals surface area contributed by atoms with Crippen LogP contribution in [0.2, 0.25) is 0 Å². The lowest BCUT2D eigenvalue weighted by Gasteiger charge is -2.28. The minimum absolute atomic E-state index is 0.0691. The van der Waals surface area contributed by atoms with Crippen LogP contribution in [0, 0.1) is 0 Å². The standard InChI is InChI=1S/C20H25N3O5/c1-2-3-8-15(19(26)27)21-17(24)9-10-22-18(25)16-11-13-6-4-5-7-14(13)12-23(16)20(22)28/h4-7,15-16H,2-3,8-12H2,1H3,(H,21,24)(H,26,27)/p-1/t15-,16+/m1/s1. The maximum Gasteiger partial charge on any atom is 0.327 e. The molecular weight excluding hydrogens is 362 g/mol. The number of unbranched alkanes of at least 4 members (excludes halogenated alkanes) is 1. The van der Waals surface area contributed by atoms with Gasteiger partial charge in [0.2, 0.25) is 5.91 Å². The quantitative estimate of drug-likeness (QED) is 0.642. The third-order valence-electron chi connectivity index (χ3n) is 5.30. The molecule has 2 aliphatic rings. The number of hydrogen-bond donors (Lipinski definition) is 1. The summed E-state index contributed by atoms with van der Waals surface area (Å²) < 4.78 is 0. The number of nitrogens with zero attached hydrogens (tertiary/aromatic N) is 2. The fourth-order valence-electron chi connectivity index (χ4n) is 3.72. The van der Waals surface area contributed by atoms with E-state index < -0.39 is 30.0 Å². The number of nitrogens with one attached hydrogen (secondary N) is 1. The summed E-state index contributed by atoms with van der Waals surface area (Å²) in [6, 6.07) is 5.70. The van der Waals surface area contributed by atoms with Gasteiger partial charge in [0.05, 0.1) is 12.0 Å². The minimum Gasteiger partial charge on any atom is -0.548 e. The third kappa shape index (κ3) is 4.00. The van der Waals surface area contributed by atoms with Crippen LogP contribution >= 0.6 is 0 Å². The normalized spacial score (nSPS) is 19.2. The van der Waals surface area contributed by atoms with Crippen molar-refractivity contribution in [3.8, 4) is 0 Å². The lowest BCUT2D eigenvalue weighted by atomic mass is 9.95. The zero-order valence-corrected chi connectivity index (χ0v) is 15.8. The molecule has 0 aliphatic carbocycles. The van der Waals surface area contributed by atoms with Gasteiger partial charge in [0, 0.05) is 25.9 Å². The zero-order valence-electron chi connectivity index (χ0n) is 15.8. The highest BCUT2D eigenvalue weighted by Gasteiger charge is 2.46. The number of carbonyl (C=O) groups excluding carboxylic acids is 4. The predicted octanol–water partition coefficient (Wildman–Crippen LogP) is 0.191. The molecule has 0 radical (unpaired) electrons. The molecule has 0 aromatic heterocycles. The van der Waals surface area contributed by atoms with E-state index in [0.717, 1.165) is 22.4 Å². The van der Waals surface area contributed by atoms with Gasteiger partial charge in [-0.25, -0.2) is 4.79 Å². The van der Waals surface area contributed by atoms with Gasteiger partial charge in [-0.15, -0.1) is 0 Å². The number of amides is 4. The summed E-state index contributed by atoms with van der Waals surface area (Å²) in [6.07, 6.45) is 2.07. The number of benzene rings is 1. The highest BCUT2D eigenvalue weighted by atomic mass is 16.4. The number of fused-ring (bicyclic) bond motifs is 2. The molecule has 8 heteroatoms. The van der Waals surface area contributed by atoms with Crippen molar-refractivity contribution in [2.45, 2.75) is 57.7 Å². The number of urea groups is 1. The number of aliphatic carboxylic acids is 1. The van der Waals surface area contributed by atoms with Crippen molar-refractivity contribution in [3.05, 3.63) is 35.4 Å². The second-order valence-corrected chi connectivity index (χ2v) is 7.22. The number of carboxylic acids is 1. The third-order valence-corrected chi connectivity index (χ3v) is 5.30.